The molecule has 8 nitrogen and oxygen atoms in total. The molecule has 5 rings (SSSR count). The smallest absolute Gasteiger partial charge is 0.376 e. The average molecular weight is 846 g/mol. The molecule has 60 heavy (non-hydrogen) atoms. The number of hydrogen-bond acceptors (Lipinski definition) is 7. The molecule has 0 aromatic heterocycles. The molecule has 11 heteroatoms. The Morgan fingerprint density at radius 3 is 2.25 bits per heavy atom. The zero-order chi connectivity index (χ0) is 44.0. The van der Waals surface area contributed by atoms with Gasteiger partial charge < -0.3 is 29.6 Å². The third-order valence-corrected chi connectivity index (χ3v) is 21.8. The molecule has 3 N–H and O–H groups in total. The van der Waals surface area contributed by atoms with E-state index in [0.29, 0.717) is 65.7 Å². The summed E-state index contributed by atoms with van der Waals surface area (Å²) < 4.78 is 13.9. The topological polar surface area (TPSA) is 100 Å². The van der Waals surface area contributed by atoms with Crippen molar-refractivity contribution in [3.05, 3.63) is 35.9 Å². The van der Waals surface area contributed by atoms with Crippen LogP contribution in [0.3, 0.4) is 0 Å². The average Bonchev–Trinajstić information content (AvgIpc) is 3.54. The number of hydrogen-bond donors (Lipinski definition) is 3. The van der Waals surface area contributed by atoms with E-state index in [2.05, 4.69) is 83.9 Å². The minimum atomic E-state index is -1.86. The number of carbonyl (C=O) groups is 2. The lowest BCUT2D eigenvalue weighted by molar-refractivity contribution is -0.168. The van der Waals surface area contributed by atoms with Crippen molar-refractivity contribution >= 4 is 35.0 Å². The van der Waals surface area contributed by atoms with Crippen LogP contribution in [0.25, 0.3) is 0 Å². The van der Waals surface area contributed by atoms with Gasteiger partial charge in [0.05, 0.1) is 5.56 Å². The molecule has 1 aromatic carbocycles. The number of esters is 1. The number of benzene rings is 1. The summed E-state index contributed by atoms with van der Waals surface area (Å²) >= 11 is 0. The lowest BCUT2D eigenvalue weighted by Crippen LogP contribution is -2.60. The number of ether oxygens (including phenoxy) is 1. The molecule has 4 aliphatic rings. The van der Waals surface area contributed by atoms with Gasteiger partial charge in [-0.05, 0) is 187 Å². The predicted octanol–water partition coefficient (Wildman–Crippen LogP) is 10.4. The second-order valence-electron chi connectivity index (χ2n) is 22.4. The molecule has 1 aromatic rings. The van der Waals surface area contributed by atoms with Gasteiger partial charge in [-0.1, -0.05) is 73.6 Å². The fraction of sp³-hybridized carbons (Fsp3) is 0.837. The van der Waals surface area contributed by atoms with Gasteiger partial charge in [0, 0.05) is 24.6 Å². The van der Waals surface area contributed by atoms with E-state index in [-0.39, 0.29) is 27.9 Å². The molecule has 0 saturated heterocycles. The monoisotopic (exact) mass is 846 g/mol. The Balaban J connectivity index is 1.25. The highest BCUT2D eigenvalue weighted by atomic mass is 28.4. The molecule has 7 unspecified atom stereocenters. The maximum atomic E-state index is 13.9. The first-order chi connectivity index (χ1) is 28.2. The molecule has 1 amide bonds. The number of amides is 1. The molecule has 4 fully saturated rings. The van der Waals surface area contributed by atoms with Crippen molar-refractivity contribution in [3.63, 3.8) is 0 Å². The minimum Gasteiger partial charge on any atom is -0.458 e. The molecule has 0 spiro atoms. The minimum absolute atomic E-state index is 0.0562. The van der Waals surface area contributed by atoms with Crippen LogP contribution in [0.4, 0.5) is 4.79 Å². The highest BCUT2D eigenvalue weighted by Gasteiger charge is 2.64. The van der Waals surface area contributed by atoms with Crippen molar-refractivity contribution in [3.8, 4) is 0 Å². The summed E-state index contributed by atoms with van der Waals surface area (Å²) in [6.45, 7) is 29.3. The van der Waals surface area contributed by atoms with E-state index in [1.165, 1.54) is 44.9 Å². The lowest BCUT2D eigenvalue weighted by atomic mass is 9.43. The summed E-state index contributed by atoms with van der Waals surface area (Å²) in [4.78, 5) is 27.0. The Bertz CT molecular complexity index is 1530. The molecule has 0 aliphatic heterocycles. The van der Waals surface area contributed by atoms with Crippen molar-refractivity contribution in [2.75, 3.05) is 26.2 Å². The Hall–Kier alpha value is -1.65. The van der Waals surface area contributed by atoms with Gasteiger partial charge in [0.1, 0.15) is 6.10 Å². The van der Waals surface area contributed by atoms with Crippen molar-refractivity contribution in [1.82, 2.24) is 15.4 Å². The second-order valence-corrected chi connectivity index (χ2v) is 27.2. The molecular weight excluding hydrogens is 760 g/mol. The molecule has 0 bridgehead atoms. The third kappa shape index (κ3) is 11.7. The second kappa shape index (κ2) is 20.9. The number of nitrogens with zero attached hydrogens (tertiary/aromatic N) is 1. The van der Waals surface area contributed by atoms with Crippen LogP contribution >= 0.6 is 0 Å². The number of rotatable bonds is 20. The molecule has 2 radical (unpaired) electrons. The quantitative estimate of drug-likeness (QED) is 0.0683. The Labute approximate surface area is 369 Å². The van der Waals surface area contributed by atoms with Crippen LogP contribution in [0, 0.1) is 52.3 Å². The van der Waals surface area contributed by atoms with E-state index in [1.54, 1.807) is 0 Å². The van der Waals surface area contributed by atoms with Gasteiger partial charge in [-0.25, -0.2) is 4.79 Å². The van der Waals surface area contributed by atoms with E-state index in [9.17, 15) is 14.6 Å². The number of unbranched alkanes of at least 4 members (excludes halogenated alkanes) is 1. The van der Waals surface area contributed by atoms with E-state index in [4.69, 9.17) is 17.0 Å². The lowest BCUT2D eigenvalue weighted by Gasteiger charge is -2.63. The van der Waals surface area contributed by atoms with E-state index < -0.39 is 21.2 Å². The fourth-order valence-corrected chi connectivity index (χ4v) is 14.2. The van der Waals surface area contributed by atoms with Crippen LogP contribution in [-0.4, -0.2) is 89.3 Å². The molecule has 4 aliphatic carbocycles. The molecule has 4 saturated carbocycles. The zero-order valence-electron chi connectivity index (χ0n) is 39.9. The largest absolute Gasteiger partial charge is 0.458 e. The van der Waals surface area contributed by atoms with Gasteiger partial charge >= 0.3 is 13.0 Å². The van der Waals surface area contributed by atoms with Crippen LogP contribution in [-0.2, 0) is 9.16 Å². The van der Waals surface area contributed by atoms with Crippen LogP contribution in [0.1, 0.15) is 149 Å². The number of fused-ring (bicyclic) bond motifs is 5. The van der Waals surface area contributed by atoms with Crippen LogP contribution in [0.2, 0.25) is 25.0 Å². The fourth-order valence-electron chi connectivity index (χ4n) is 12.7. The summed E-state index contributed by atoms with van der Waals surface area (Å²) in [7, 11) is 2.83. The van der Waals surface area contributed by atoms with Gasteiger partial charge in [-0.15, -0.1) is 0 Å². The summed E-state index contributed by atoms with van der Waals surface area (Å²) in [6.07, 6.45) is 14.9. The Morgan fingerprint density at radius 1 is 0.933 bits per heavy atom. The van der Waals surface area contributed by atoms with Gasteiger partial charge in [0.25, 0.3) is 0 Å². The summed E-state index contributed by atoms with van der Waals surface area (Å²) in [5.74, 6) is 3.25. The molecule has 0 heterocycles. The molecule has 11 atom stereocenters. The van der Waals surface area contributed by atoms with Crippen molar-refractivity contribution in [2.45, 2.75) is 182 Å². The van der Waals surface area contributed by atoms with E-state index in [1.807, 2.05) is 37.2 Å². The van der Waals surface area contributed by atoms with Gasteiger partial charge in [0.2, 0.25) is 0 Å². The molecule has 336 valence electrons. The van der Waals surface area contributed by atoms with Gasteiger partial charge in [-0.3, -0.25) is 4.79 Å². The summed E-state index contributed by atoms with van der Waals surface area (Å²) in [5.41, 5.74) is 1.17. The van der Waals surface area contributed by atoms with Gasteiger partial charge in [0.15, 0.2) is 22.0 Å². The zero-order valence-corrected chi connectivity index (χ0v) is 40.9. The first-order valence-corrected chi connectivity index (χ1v) is 27.2. The maximum Gasteiger partial charge on any atom is 0.376 e. The van der Waals surface area contributed by atoms with Crippen molar-refractivity contribution in [1.29, 1.82) is 0 Å². The van der Waals surface area contributed by atoms with Crippen molar-refractivity contribution < 1.29 is 23.8 Å². The van der Waals surface area contributed by atoms with E-state index in [0.717, 1.165) is 58.2 Å². The highest BCUT2D eigenvalue weighted by Crippen LogP contribution is 2.69. The maximum absolute atomic E-state index is 13.9. The summed E-state index contributed by atoms with van der Waals surface area (Å²) in [6, 6.07) is 10.1. The molecular formula is C49H85B2N3O5Si. The highest BCUT2D eigenvalue weighted by molar-refractivity contribution is 6.74. The van der Waals surface area contributed by atoms with Crippen molar-refractivity contribution in [2.24, 2.45) is 52.3 Å². The van der Waals surface area contributed by atoms with Crippen LogP contribution < -0.4 is 10.6 Å². The first-order valence-electron chi connectivity index (χ1n) is 24.3. The summed E-state index contributed by atoms with van der Waals surface area (Å²) in [5, 5.41) is 17.2. The predicted molar refractivity (Wildman–Crippen MR) is 252 cm³/mol. The normalized spacial score (nSPS) is 31.5. The first kappa shape index (κ1) is 49.4. The third-order valence-electron chi connectivity index (χ3n) is 17.3. The standard InChI is InChI=1S/C49H85B2N3O5Si/c1-34(2)42(59-60(10,11)47(4,5)6)23-20-35(3)39-21-22-40-44-41(25-27-49(39,40)8)48(7)26-24-38(32-37(48)33-43(44)58-45(55)36-18-13-12-14-19-36)52-29-17-31-54(51(9)57)30-16-15-28-53-46(50)56/h12-14,18-19,34-35,37-44,52,57H,15-17,20-33H2,1-11H3,(H,53,56)/t35-,37?,38?,39+,40?,41?,42?,43?,44?,48-,49+/m0/s1. The number of carbonyl (C=O) groups excluding carboxylic acids is 2. The Kier molecular flexibility index (Phi) is 17.2. The Morgan fingerprint density at radius 2 is 1.60 bits per heavy atom. The van der Waals surface area contributed by atoms with Crippen LogP contribution in [0.5, 0.6) is 0 Å². The van der Waals surface area contributed by atoms with Crippen LogP contribution in [0.15, 0.2) is 30.3 Å². The number of nitrogens with one attached hydrogen (secondary N) is 2. The SMILES string of the molecule is [B]C(=O)NCCCCN(CCCNC1CC[C@@]2(C)C(C1)CC(OC(=O)c1ccccc1)C1C2CC[C@@]2(C)C1CC[C@@H]2[C@@H](C)CCC(O[Si](C)(C)C(C)(C)C)C(C)C)B(C)O. The van der Waals surface area contributed by atoms with Gasteiger partial charge in [-0.2, -0.15) is 0 Å². The van der Waals surface area contributed by atoms with E-state index >= 15 is 0 Å².